The summed E-state index contributed by atoms with van der Waals surface area (Å²) in [6, 6.07) is 0. The topological polar surface area (TPSA) is 127 Å². The number of ether oxygens (including phenoxy) is 1. The molecule has 0 heterocycles. The van der Waals surface area contributed by atoms with Gasteiger partial charge in [-0.3, -0.25) is 0 Å². The number of hydrogen-bond donors (Lipinski definition) is 3. The molecule has 0 aromatic rings. The minimum atomic E-state index is -4.64. The zero-order chi connectivity index (χ0) is 12.9. The number of carbonyl (C=O) groups is 1. The number of rotatable bonds is 3. The van der Waals surface area contributed by atoms with Gasteiger partial charge in [0.2, 0.25) is 0 Å². The van der Waals surface area contributed by atoms with Crippen molar-refractivity contribution in [3.63, 3.8) is 0 Å². The van der Waals surface area contributed by atoms with Crippen LogP contribution in [0.5, 0.6) is 0 Å². The van der Waals surface area contributed by atoms with Crippen LogP contribution in [0.2, 0.25) is 0 Å². The molecule has 92 valence electrons. The van der Waals surface area contributed by atoms with Gasteiger partial charge in [0.25, 0.3) is 0 Å². The van der Waals surface area contributed by atoms with E-state index in [1.165, 1.54) is 0 Å². The Morgan fingerprint density at radius 3 is 1.81 bits per heavy atom. The maximum atomic E-state index is 9.14. The molecule has 0 saturated carbocycles. The van der Waals surface area contributed by atoms with Crippen molar-refractivity contribution in [1.82, 2.24) is 0 Å². The van der Waals surface area contributed by atoms with Crippen molar-refractivity contribution < 1.29 is 33.9 Å². The van der Waals surface area contributed by atoms with Crippen LogP contribution in [0, 0.1) is 6.92 Å². The molecule has 0 radical (unpaired) electrons. The van der Waals surface area contributed by atoms with Crippen molar-refractivity contribution in [3.05, 3.63) is 19.6 Å². The standard InChI is InChI=1S/C4H9O.C3H4O2.Ca.H3O4P/c1-3-5-4-2;1-2-3(4)5;;1-5(2,3)4/h1,3-4H2,2H3;2H,1H2,(H,4,5);;(H3,1,2,3,4)/q-1;;+2;/p-1. The Morgan fingerprint density at radius 1 is 1.56 bits per heavy atom. The number of carbonyl (C=O) groups excluding carboxylic acids is 1. The second-order valence-corrected chi connectivity index (χ2v) is 2.76. The first-order chi connectivity index (χ1) is 6.68. The van der Waals surface area contributed by atoms with Crippen molar-refractivity contribution in [3.8, 4) is 0 Å². The van der Waals surface area contributed by atoms with Gasteiger partial charge in [0, 0.05) is 6.61 Å². The summed E-state index contributed by atoms with van der Waals surface area (Å²) in [7, 11) is -4.64. The van der Waals surface area contributed by atoms with Crippen molar-refractivity contribution in [1.29, 1.82) is 0 Å². The van der Waals surface area contributed by atoms with Gasteiger partial charge in [-0.2, -0.15) is 0 Å². The first-order valence-electron chi connectivity index (χ1n) is 3.67. The number of hydrogen-bond acceptors (Lipinski definition) is 4. The number of phosphoric acid groups is 1. The van der Waals surface area contributed by atoms with Gasteiger partial charge in [-0.25, -0.2) is 4.57 Å². The quantitative estimate of drug-likeness (QED) is 0.248. The van der Waals surface area contributed by atoms with Gasteiger partial charge in [0.15, 0.2) is 0 Å². The fourth-order valence-corrected chi connectivity index (χ4v) is 0.144. The fraction of sp³-hybridized carbons (Fsp3) is 0.429. The zero-order valence-electron chi connectivity index (χ0n) is 9.03. The van der Waals surface area contributed by atoms with Crippen LogP contribution in [0.1, 0.15) is 6.92 Å². The molecular formula is C7H15CaO7P. The summed E-state index contributed by atoms with van der Waals surface area (Å²) in [6.07, 6.45) is 0.722. The Morgan fingerprint density at radius 2 is 1.81 bits per heavy atom. The van der Waals surface area contributed by atoms with E-state index in [0.717, 1.165) is 12.7 Å². The molecule has 0 aliphatic heterocycles. The molecular weight excluding hydrogens is 267 g/mol. The Hall–Kier alpha value is 0.540. The summed E-state index contributed by atoms with van der Waals surface area (Å²) in [5, 5.41) is 9.14. The van der Waals surface area contributed by atoms with Crippen LogP contribution in [-0.2, 0) is 14.1 Å². The van der Waals surface area contributed by atoms with Gasteiger partial charge in [-0.1, -0.05) is 13.2 Å². The molecule has 0 aromatic carbocycles. The van der Waals surface area contributed by atoms with Gasteiger partial charge in [-0.05, 0) is 13.0 Å². The average molecular weight is 282 g/mol. The smallest absolute Gasteiger partial charge is 0.545 e. The van der Waals surface area contributed by atoms with Crippen molar-refractivity contribution in [2.45, 2.75) is 6.92 Å². The molecule has 0 fully saturated rings. The van der Waals surface area contributed by atoms with Crippen LogP contribution >= 0.6 is 7.82 Å². The number of carboxylic acids is 1. The summed E-state index contributed by atoms with van der Waals surface area (Å²) >= 11 is 0. The molecule has 0 aliphatic carbocycles. The van der Waals surface area contributed by atoms with E-state index in [-0.39, 0.29) is 37.7 Å². The van der Waals surface area contributed by atoms with Crippen molar-refractivity contribution in [2.24, 2.45) is 0 Å². The first kappa shape index (κ1) is 25.4. The van der Waals surface area contributed by atoms with E-state index >= 15 is 0 Å². The molecule has 9 heteroatoms. The molecule has 7 nitrogen and oxygen atoms in total. The van der Waals surface area contributed by atoms with Crippen LogP contribution in [0.4, 0.5) is 0 Å². The maximum Gasteiger partial charge on any atom is 2.00 e. The molecule has 16 heavy (non-hydrogen) atoms. The van der Waals surface area contributed by atoms with E-state index in [9.17, 15) is 0 Å². The van der Waals surface area contributed by atoms with Crippen LogP contribution in [0.15, 0.2) is 12.7 Å². The van der Waals surface area contributed by atoms with Crippen molar-refractivity contribution in [2.75, 3.05) is 13.2 Å². The largest absolute Gasteiger partial charge is 2.00 e. The van der Waals surface area contributed by atoms with E-state index in [1.54, 1.807) is 0 Å². The monoisotopic (exact) mass is 282 g/mol. The third-order valence-corrected chi connectivity index (χ3v) is 0.515. The van der Waals surface area contributed by atoms with Gasteiger partial charge in [-0.15, -0.1) is 0 Å². The van der Waals surface area contributed by atoms with Gasteiger partial charge < -0.3 is 36.2 Å². The first-order valence-corrected chi connectivity index (χ1v) is 5.24. The molecule has 0 aromatic heterocycles. The van der Waals surface area contributed by atoms with Crippen LogP contribution < -0.4 is 5.11 Å². The molecule has 0 rings (SSSR count). The molecule has 0 unspecified atom stereocenters. The molecule has 0 aliphatic rings. The van der Waals surface area contributed by atoms with E-state index < -0.39 is 13.8 Å². The zero-order valence-corrected chi connectivity index (χ0v) is 12.1. The third kappa shape index (κ3) is 129. The van der Waals surface area contributed by atoms with Crippen LogP contribution in [0.3, 0.4) is 0 Å². The molecule has 3 N–H and O–H groups in total. The summed E-state index contributed by atoms with van der Waals surface area (Å²) in [5.74, 6) is -1.23. The minimum absolute atomic E-state index is 0. The van der Waals surface area contributed by atoms with E-state index in [2.05, 4.69) is 13.5 Å². The molecule has 0 atom stereocenters. The second kappa shape index (κ2) is 17.9. The van der Waals surface area contributed by atoms with Crippen LogP contribution in [0.25, 0.3) is 0 Å². The normalized spacial score (nSPS) is 8.31. The van der Waals surface area contributed by atoms with Crippen LogP contribution in [-0.4, -0.2) is 71.6 Å². The van der Waals surface area contributed by atoms with Gasteiger partial charge >= 0.3 is 45.6 Å². The molecule has 0 bridgehead atoms. The summed E-state index contributed by atoms with van der Waals surface area (Å²) < 4.78 is 13.6. The predicted octanol–water partition coefficient (Wildman–Crippen LogP) is -1.53. The van der Waals surface area contributed by atoms with E-state index in [4.69, 9.17) is 33.9 Å². The van der Waals surface area contributed by atoms with Gasteiger partial charge in [0.05, 0.1) is 5.97 Å². The number of carboxylic acid groups (broad SMARTS) is 1. The Labute approximate surface area is 124 Å². The average Bonchev–Trinajstić information content (AvgIpc) is 2.04. The van der Waals surface area contributed by atoms with Crippen molar-refractivity contribution >= 4 is 51.5 Å². The number of aliphatic carboxylic acids is 1. The maximum absolute atomic E-state index is 9.14. The Bertz CT molecular complexity index is 193. The SMILES string of the molecule is C=CC(=O)[O-].O=P(O)(O)O.[CH2-]COCC.[Ca+2]. The molecule has 0 spiro atoms. The van der Waals surface area contributed by atoms with E-state index in [1.807, 2.05) is 6.92 Å². The molecule has 0 amide bonds. The second-order valence-electron chi connectivity index (χ2n) is 1.73. The summed E-state index contributed by atoms with van der Waals surface area (Å²) in [6.45, 7) is 9.68. The molecule has 0 saturated heterocycles. The minimum Gasteiger partial charge on any atom is -0.545 e. The Balaban J connectivity index is -0.0000000655. The fourth-order valence-electron chi connectivity index (χ4n) is 0.144. The third-order valence-electron chi connectivity index (χ3n) is 0.515. The predicted molar refractivity (Wildman–Crippen MR) is 57.1 cm³/mol. The van der Waals surface area contributed by atoms with E-state index in [0.29, 0.717) is 6.61 Å². The Kier molecular flexibility index (Phi) is 28.4. The summed E-state index contributed by atoms with van der Waals surface area (Å²) in [4.78, 5) is 30.7. The van der Waals surface area contributed by atoms with Gasteiger partial charge in [0.1, 0.15) is 0 Å². The summed E-state index contributed by atoms with van der Waals surface area (Å²) in [5.41, 5.74) is 0.